The summed E-state index contributed by atoms with van der Waals surface area (Å²) in [7, 11) is -3.59. The van der Waals surface area contributed by atoms with Crippen molar-refractivity contribution in [3.05, 3.63) is 18.3 Å². The number of pyridine rings is 1. The molecule has 0 N–H and O–H groups in total. The standard InChI is InChI=1S/C20H30N4O6S2/c1-20(2,3)30-19(26)23-8-6-22(7-9-23)18(25)15-31-17-5-4-16(14-21-17)32(27,28)24-10-12-29-13-11-24/h4-5,14H,6-13,15H2,1-3H3. The highest BCUT2D eigenvalue weighted by Gasteiger charge is 2.28. The smallest absolute Gasteiger partial charge is 0.410 e. The van der Waals surface area contributed by atoms with Crippen molar-refractivity contribution in [2.75, 3.05) is 58.2 Å². The van der Waals surface area contributed by atoms with Crippen molar-refractivity contribution >= 4 is 33.8 Å². The minimum atomic E-state index is -3.59. The van der Waals surface area contributed by atoms with Crippen molar-refractivity contribution < 1.29 is 27.5 Å². The lowest BCUT2D eigenvalue weighted by Crippen LogP contribution is -2.52. The van der Waals surface area contributed by atoms with Gasteiger partial charge in [0.2, 0.25) is 15.9 Å². The molecule has 3 heterocycles. The lowest BCUT2D eigenvalue weighted by Gasteiger charge is -2.35. The lowest BCUT2D eigenvalue weighted by molar-refractivity contribution is -0.130. The largest absolute Gasteiger partial charge is 0.444 e. The Bertz CT molecular complexity index is 903. The van der Waals surface area contributed by atoms with Gasteiger partial charge in [0.25, 0.3) is 0 Å². The Hall–Kier alpha value is -1.89. The first-order valence-corrected chi connectivity index (χ1v) is 12.9. The van der Waals surface area contributed by atoms with Crippen molar-refractivity contribution in [3.8, 4) is 0 Å². The van der Waals surface area contributed by atoms with Gasteiger partial charge in [-0.15, -0.1) is 0 Å². The average molecular weight is 487 g/mol. The molecule has 12 heteroatoms. The van der Waals surface area contributed by atoms with E-state index in [0.717, 1.165) is 0 Å². The first kappa shape index (κ1) is 24.7. The Balaban J connectivity index is 1.47. The van der Waals surface area contributed by atoms with Crippen LogP contribution in [0.5, 0.6) is 0 Å². The zero-order valence-corrected chi connectivity index (χ0v) is 20.3. The van der Waals surface area contributed by atoms with Crippen LogP contribution in [-0.4, -0.2) is 103 Å². The predicted octanol–water partition coefficient (Wildman–Crippen LogP) is 1.27. The van der Waals surface area contributed by atoms with E-state index < -0.39 is 15.6 Å². The van der Waals surface area contributed by atoms with Gasteiger partial charge >= 0.3 is 6.09 Å². The molecule has 10 nitrogen and oxygen atoms in total. The molecule has 0 atom stereocenters. The van der Waals surface area contributed by atoms with Crippen LogP contribution in [0.1, 0.15) is 20.8 Å². The maximum atomic E-state index is 12.6. The fraction of sp³-hybridized carbons (Fsp3) is 0.650. The van der Waals surface area contributed by atoms with Crippen LogP contribution in [-0.2, 0) is 24.3 Å². The van der Waals surface area contributed by atoms with E-state index in [0.29, 0.717) is 57.5 Å². The number of amides is 2. The molecular formula is C20H30N4O6S2. The van der Waals surface area contributed by atoms with Crippen LogP contribution >= 0.6 is 11.8 Å². The number of rotatable bonds is 5. The van der Waals surface area contributed by atoms with E-state index >= 15 is 0 Å². The van der Waals surface area contributed by atoms with E-state index in [9.17, 15) is 18.0 Å². The van der Waals surface area contributed by atoms with E-state index in [-0.39, 0.29) is 22.6 Å². The van der Waals surface area contributed by atoms with E-state index in [1.165, 1.54) is 28.3 Å². The number of hydrogen-bond acceptors (Lipinski definition) is 8. The topological polar surface area (TPSA) is 109 Å². The van der Waals surface area contributed by atoms with Gasteiger partial charge in [-0.1, -0.05) is 11.8 Å². The Morgan fingerprint density at radius 1 is 1.06 bits per heavy atom. The van der Waals surface area contributed by atoms with Crippen molar-refractivity contribution in [2.24, 2.45) is 0 Å². The lowest BCUT2D eigenvalue weighted by atomic mass is 10.2. The highest BCUT2D eigenvalue weighted by Crippen LogP contribution is 2.21. The molecule has 2 aliphatic rings. The zero-order chi connectivity index (χ0) is 23.4. The number of nitrogens with zero attached hydrogens (tertiary/aromatic N) is 4. The highest BCUT2D eigenvalue weighted by atomic mass is 32.2. The van der Waals surface area contributed by atoms with Crippen molar-refractivity contribution in [2.45, 2.75) is 36.3 Å². The van der Waals surface area contributed by atoms with Crippen LogP contribution in [0.4, 0.5) is 4.79 Å². The Labute approximate surface area is 193 Å². The summed E-state index contributed by atoms with van der Waals surface area (Å²) in [5.74, 6) is 0.139. The molecule has 0 saturated carbocycles. The molecule has 3 rings (SSSR count). The van der Waals surface area contributed by atoms with Crippen LogP contribution in [0.3, 0.4) is 0 Å². The Kier molecular flexibility index (Phi) is 8.01. The van der Waals surface area contributed by atoms with Crippen LogP contribution in [0.25, 0.3) is 0 Å². The third-order valence-corrected chi connectivity index (χ3v) is 7.76. The van der Waals surface area contributed by atoms with Gasteiger partial charge in [-0.25, -0.2) is 18.2 Å². The second-order valence-corrected chi connectivity index (χ2v) is 11.4. The molecule has 2 aliphatic heterocycles. The van der Waals surface area contributed by atoms with Crippen molar-refractivity contribution in [3.63, 3.8) is 0 Å². The van der Waals surface area contributed by atoms with E-state index in [1.54, 1.807) is 15.9 Å². The van der Waals surface area contributed by atoms with Gasteiger partial charge in [0.1, 0.15) is 10.5 Å². The summed E-state index contributed by atoms with van der Waals surface area (Å²) >= 11 is 1.26. The quantitative estimate of drug-likeness (QED) is 0.573. The Morgan fingerprint density at radius 3 is 2.25 bits per heavy atom. The number of sulfonamides is 1. The Morgan fingerprint density at radius 2 is 1.69 bits per heavy atom. The molecule has 1 aromatic rings. The van der Waals surface area contributed by atoms with Gasteiger partial charge in [0.05, 0.1) is 24.0 Å². The maximum absolute atomic E-state index is 12.6. The minimum Gasteiger partial charge on any atom is -0.444 e. The van der Waals surface area contributed by atoms with E-state index in [2.05, 4.69) is 4.98 Å². The summed E-state index contributed by atoms with van der Waals surface area (Å²) in [5, 5.41) is 0.576. The molecule has 2 amide bonds. The molecule has 2 saturated heterocycles. The molecule has 0 aliphatic carbocycles. The van der Waals surface area contributed by atoms with Crippen LogP contribution in [0, 0.1) is 0 Å². The molecule has 0 radical (unpaired) electrons. The molecule has 2 fully saturated rings. The number of carbonyl (C=O) groups excluding carboxylic acids is 2. The number of thioether (sulfide) groups is 1. The fourth-order valence-electron chi connectivity index (χ4n) is 3.23. The van der Waals surface area contributed by atoms with Crippen LogP contribution < -0.4 is 0 Å². The van der Waals surface area contributed by atoms with Crippen LogP contribution in [0.15, 0.2) is 28.3 Å². The van der Waals surface area contributed by atoms with Gasteiger partial charge in [0, 0.05) is 45.5 Å². The third-order valence-electron chi connectivity index (χ3n) is 4.94. The van der Waals surface area contributed by atoms with Gasteiger partial charge in [-0.05, 0) is 32.9 Å². The second kappa shape index (κ2) is 10.4. The predicted molar refractivity (Wildman–Crippen MR) is 119 cm³/mol. The van der Waals surface area contributed by atoms with Crippen LogP contribution in [0.2, 0.25) is 0 Å². The summed E-state index contributed by atoms with van der Waals surface area (Å²) < 4.78 is 37.3. The van der Waals surface area contributed by atoms with Crippen molar-refractivity contribution in [1.29, 1.82) is 0 Å². The SMILES string of the molecule is CC(C)(C)OC(=O)N1CCN(C(=O)CSc2ccc(S(=O)(=O)N3CCOCC3)cn2)CC1. The second-order valence-electron chi connectivity index (χ2n) is 8.49. The monoisotopic (exact) mass is 486 g/mol. The first-order valence-electron chi connectivity index (χ1n) is 10.5. The van der Waals surface area contributed by atoms with Gasteiger partial charge in [-0.3, -0.25) is 4.79 Å². The van der Waals surface area contributed by atoms with E-state index in [1.807, 2.05) is 20.8 Å². The maximum Gasteiger partial charge on any atom is 0.410 e. The molecule has 0 aromatic carbocycles. The molecule has 0 bridgehead atoms. The van der Waals surface area contributed by atoms with Crippen molar-refractivity contribution in [1.82, 2.24) is 19.1 Å². The highest BCUT2D eigenvalue weighted by molar-refractivity contribution is 7.99. The number of hydrogen-bond donors (Lipinski definition) is 0. The minimum absolute atomic E-state index is 0.0503. The molecule has 1 aromatic heterocycles. The normalized spacial score (nSPS) is 18.5. The summed E-state index contributed by atoms with van der Waals surface area (Å²) in [6.45, 7) is 8.63. The van der Waals surface area contributed by atoms with E-state index in [4.69, 9.17) is 9.47 Å². The molecule has 0 spiro atoms. The summed E-state index contributed by atoms with van der Waals surface area (Å²) in [5.41, 5.74) is -0.551. The van der Waals surface area contributed by atoms with Gasteiger partial charge < -0.3 is 19.3 Å². The number of ether oxygens (including phenoxy) is 2. The van der Waals surface area contributed by atoms with Gasteiger partial charge in [0.15, 0.2) is 0 Å². The summed E-state index contributed by atoms with van der Waals surface area (Å²) in [6.07, 6.45) is 0.965. The number of piperazine rings is 1. The van der Waals surface area contributed by atoms with Gasteiger partial charge in [-0.2, -0.15) is 4.31 Å². The number of morpholine rings is 1. The molecule has 32 heavy (non-hydrogen) atoms. The summed E-state index contributed by atoms with van der Waals surface area (Å²) in [4.78, 5) is 32.3. The third kappa shape index (κ3) is 6.56. The molecular weight excluding hydrogens is 456 g/mol. The number of carbonyl (C=O) groups is 2. The first-order chi connectivity index (χ1) is 15.1. The number of aromatic nitrogens is 1. The average Bonchev–Trinajstić information content (AvgIpc) is 2.77. The zero-order valence-electron chi connectivity index (χ0n) is 18.7. The molecule has 0 unspecified atom stereocenters. The molecule has 178 valence electrons. The summed E-state index contributed by atoms with van der Waals surface area (Å²) in [6, 6.07) is 3.13. The fourth-order valence-corrected chi connectivity index (χ4v) is 5.33.